The summed E-state index contributed by atoms with van der Waals surface area (Å²) in [6.45, 7) is 9.86. The van der Waals surface area contributed by atoms with Crippen LogP contribution in [0.15, 0.2) is 30.3 Å². The molecule has 0 aliphatic carbocycles. The Balaban J connectivity index is 1.73. The fraction of sp³-hybridized carbons (Fsp3) is 0.417. The average Bonchev–Trinajstić information content (AvgIpc) is 3.11. The molecule has 1 aliphatic heterocycles. The molecule has 0 fully saturated rings. The van der Waals surface area contributed by atoms with Gasteiger partial charge in [-0.1, -0.05) is 25.8 Å². The van der Waals surface area contributed by atoms with E-state index in [-0.39, 0.29) is 17.2 Å². The summed E-state index contributed by atoms with van der Waals surface area (Å²) in [7, 11) is 2.14. The van der Waals surface area contributed by atoms with Gasteiger partial charge in [-0.2, -0.15) is 0 Å². The number of rotatable bonds is 4. The lowest BCUT2D eigenvalue weighted by molar-refractivity contribution is -0.120. The Labute approximate surface area is 182 Å². The van der Waals surface area contributed by atoms with Crippen molar-refractivity contribution in [3.8, 4) is 12.3 Å². The first-order chi connectivity index (χ1) is 14.0. The van der Waals surface area contributed by atoms with Gasteiger partial charge in [0.15, 0.2) is 0 Å². The van der Waals surface area contributed by atoms with E-state index in [1.807, 2.05) is 6.07 Å². The van der Waals surface area contributed by atoms with Crippen molar-refractivity contribution in [3.63, 3.8) is 0 Å². The number of likely N-dealkylation sites (N-methyl/N-ethyl adjacent to an activating group) is 1. The van der Waals surface area contributed by atoms with Gasteiger partial charge in [0, 0.05) is 24.2 Å². The number of nitrogens with one attached hydrogen (secondary N) is 2. The molecule has 6 heteroatoms. The summed E-state index contributed by atoms with van der Waals surface area (Å²) >= 11 is 1.23. The number of hydrogen-bond donors (Lipinski definition) is 2. The van der Waals surface area contributed by atoms with E-state index in [9.17, 15) is 9.59 Å². The van der Waals surface area contributed by atoms with Crippen LogP contribution in [0.2, 0.25) is 0 Å². The van der Waals surface area contributed by atoms with Crippen LogP contribution in [0.25, 0.3) is 0 Å². The second kappa shape index (κ2) is 8.25. The van der Waals surface area contributed by atoms with Crippen LogP contribution >= 0.6 is 11.3 Å². The average molecular weight is 424 g/mol. The van der Waals surface area contributed by atoms with Crippen LogP contribution in [0, 0.1) is 12.3 Å². The molecule has 2 N–H and O–H groups in total. The molecule has 2 heterocycles. The fourth-order valence-corrected chi connectivity index (χ4v) is 4.63. The third kappa shape index (κ3) is 4.75. The first-order valence-corrected chi connectivity index (χ1v) is 10.9. The van der Waals surface area contributed by atoms with Gasteiger partial charge in [0.05, 0.1) is 9.75 Å². The first kappa shape index (κ1) is 22.1. The number of fused-ring (bicyclic) bond motifs is 1. The minimum atomic E-state index is -1.08. The standard InChI is InChI=1S/C24H29N3O2S/c1-7-18-9-11-20(30-18)21(28)26-24(4,5)22(29)25-17-8-10-19-16(14-17)12-13-27(6)15-23(19,2)3/h1,8-11,14H,12-13,15H2,2-6H3,(H,25,29)(H,26,28). The van der Waals surface area contributed by atoms with Gasteiger partial charge in [0.25, 0.3) is 5.91 Å². The highest BCUT2D eigenvalue weighted by Crippen LogP contribution is 2.32. The Morgan fingerprint density at radius 3 is 2.63 bits per heavy atom. The van der Waals surface area contributed by atoms with Crippen molar-refractivity contribution in [1.29, 1.82) is 0 Å². The molecule has 0 radical (unpaired) electrons. The second-order valence-electron chi connectivity index (χ2n) is 9.09. The van der Waals surface area contributed by atoms with Crippen LogP contribution in [0.4, 0.5) is 5.69 Å². The van der Waals surface area contributed by atoms with Crippen LogP contribution in [0.1, 0.15) is 53.4 Å². The quantitative estimate of drug-likeness (QED) is 0.738. The summed E-state index contributed by atoms with van der Waals surface area (Å²) in [5, 5.41) is 5.77. The predicted molar refractivity (Wildman–Crippen MR) is 123 cm³/mol. The number of anilines is 1. The molecule has 3 rings (SSSR count). The highest BCUT2D eigenvalue weighted by Gasteiger charge is 2.32. The fourth-order valence-electron chi connectivity index (χ4n) is 3.92. The number of thiophene rings is 1. The van der Waals surface area contributed by atoms with E-state index >= 15 is 0 Å². The Bertz CT molecular complexity index is 1010. The summed E-state index contributed by atoms with van der Waals surface area (Å²) in [6, 6.07) is 9.52. The Kier molecular flexibility index (Phi) is 6.07. The molecular formula is C24H29N3O2S. The molecule has 1 aliphatic rings. The van der Waals surface area contributed by atoms with Gasteiger partial charge in [0.2, 0.25) is 5.91 Å². The van der Waals surface area contributed by atoms with Crippen LogP contribution < -0.4 is 10.6 Å². The lowest BCUT2D eigenvalue weighted by atomic mass is 9.81. The van der Waals surface area contributed by atoms with E-state index in [4.69, 9.17) is 6.42 Å². The van der Waals surface area contributed by atoms with E-state index in [0.29, 0.717) is 9.75 Å². The maximum Gasteiger partial charge on any atom is 0.262 e. The third-order valence-electron chi connectivity index (χ3n) is 5.49. The van der Waals surface area contributed by atoms with Gasteiger partial charge in [-0.3, -0.25) is 9.59 Å². The number of nitrogens with zero attached hydrogens (tertiary/aromatic N) is 1. The van der Waals surface area contributed by atoms with Gasteiger partial charge in [-0.15, -0.1) is 17.8 Å². The van der Waals surface area contributed by atoms with Crippen molar-refractivity contribution in [2.75, 3.05) is 25.5 Å². The van der Waals surface area contributed by atoms with Gasteiger partial charge < -0.3 is 15.5 Å². The monoisotopic (exact) mass is 423 g/mol. The smallest absolute Gasteiger partial charge is 0.262 e. The molecule has 0 atom stereocenters. The van der Waals surface area contributed by atoms with E-state index in [1.54, 1.807) is 26.0 Å². The van der Waals surface area contributed by atoms with Crippen molar-refractivity contribution >= 4 is 28.8 Å². The van der Waals surface area contributed by atoms with E-state index in [2.05, 4.69) is 54.5 Å². The first-order valence-electron chi connectivity index (χ1n) is 10.0. The van der Waals surface area contributed by atoms with Crippen molar-refractivity contribution in [1.82, 2.24) is 10.2 Å². The highest BCUT2D eigenvalue weighted by atomic mass is 32.1. The summed E-state index contributed by atoms with van der Waals surface area (Å²) in [5.74, 6) is 1.93. The maximum absolute atomic E-state index is 12.9. The van der Waals surface area contributed by atoms with Crippen LogP contribution in [0.3, 0.4) is 0 Å². The molecule has 0 saturated carbocycles. The predicted octanol–water partition coefficient (Wildman–Crippen LogP) is 3.64. The normalized spacial score (nSPS) is 16.1. The minimum absolute atomic E-state index is 0.0499. The molecule has 1 aromatic carbocycles. The number of amides is 2. The zero-order chi connectivity index (χ0) is 22.1. The van der Waals surface area contributed by atoms with Crippen molar-refractivity contribution in [2.24, 2.45) is 0 Å². The molecule has 0 saturated heterocycles. The Hall–Kier alpha value is -2.62. The number of carbonyl (C=O) groups is 2. The van der Waals surface area contributed by atoms with Crippen molar-refractivity contribution in [2.45, 2.75) is 45.1 Å². The molecule has 5 nitrogen and oxygen atoms in total. The molecule has 0 unspecified atom stereocenters. The molecule has 30 heavy (non-hydrogen) atoms. The molecule has 0 spiro atoms. The third-order valence-corrected chi connectivity index (χ3v) is 6.50. The summed E-state index contributed by atoms with van der Waals surface area (Å²) < 4.78 is 0. The number of benzene rings is 1. The van der Waals surface area contributed by atoms with E-state index < -0.39 is 5.54 Å². The number of hydrogen-bond acceptors (Lipinski definition) is 4. The molecule has 2 amide bonds. The van der Waals surface area contributed by atoms with Crippen molar-refractivity contribution in [3.05, 3.63) is 51.2 Å². The Morgan fingerprint density at radius 2 is 1.97 bits per heavy atom. The van der Waals surface area contributed by atoms with Gasteiger partial charge in [-0.25, -0.2) is 0 Å². The highest BCUT2D eigenvalue weighted by molar-refractivity contribution is 7.14. The Morgan fingerprint density at radius 1 is 1.23 bits per heavy atom. The lowest BCUT2D eigenvalue weighted by Gasteiger charge is -2.29. The van der Waals surface area contributed by atoms with Crippen molar-refractivity contribution < 1.29 is 9.59 Å². The molecular weight excluding hydrogens is 394 g/mol. The molecule has 0 bridgehead atoms. The van der Waals surface area contributed by atoms with E-state index in [1.165, 1.54) is 22.5 Å². The zero-order valence-corrected chi connectivity index (χ0v) is 19.1. The van der Waals surface area contributed by atoms with Gasteiger partial charge >= 0.3 is 0 Å². The van der Waals surface area contributed by atoms with E-state index in [0.717, 1.165) is 25.2 Å². The largest absolute Gasteiger partial charge is 0.337 e. The topological polar surface area (TPSA) is 61.4 Å². The number of carbonyl (C=O) groups excluding carboxylic acids is 2. The van der Waals surface area contributed by atoms with Gasteiger partial charge in [0.1, 0.15) is 5.54 Å². The SMILES string of the molecule is C#Cc1ccc(C(=O)NC(C)(C)C(=O)Nc2ccc3c(c2)CCN(C)CC3(C)C)s1. The zero-order valence-electron chi connectivity index (χ0n) is 18.3. The second-order valence-corrected chi connectivity index (χ2v) is 10.2. The minimum Gasteiger partial charge on any atom is -0.337 e. The van der Waals surface area contributed by atoms with Crippen LogP contribution in [-0.4, -0.2) is 42.4 Å². The molecule has 158 valence electrons. The van der Waals surface area contributed by atoms with Crippen LogP contribution in [-0.2, 0) is 16.6 Å². The van der Waals surface area contributed by atoms with Gasteiger partial charge in [-0.05, 0) is 62.7 Å². The molecule has 1 aromatic heterocycles. The maximum atomic E-state index is 12.9. The molecule has 2 aromatic rings. The summed E-state index contributed by atoms with van der Waals surface area (Å²) in [6.07, 6.45) is 6.31. The lowest BCUT2D eigenvalue weighted by Crippen LogP contribution is -2.52. The summed E-state index contributed by atoms with van der Waals surface area (Å²) in [4.78, 5) is 28.9. The summed E-state index contributed by atoms with van der Waals surface area (Å²) in [5.41, 5.74) is 2.29. The number of terminal acetylenes is 1. The van der Waals surface area contributed by atoms with Crippen LogP contribution in [0.5, 0.6) is 0 Å².